The molecule has 1 saturated heterocycles. The molecule has 0 spiro atoms. The standard InChI is InChI=1S/C24H27Cl2NO3/c1-15(28)21(10-7-16-5-8-19(25)9-6-16)24-22(18-3-2-4-20(26)13-18)11-17(14-27-24)12-23(29)30/h2-6,8-9,13,17,21-22,24,27H,7,10-12,14H2,1H3,(H,29,30)/t17-,21?,22+,24+/m0/s1. The molecule has 0 bridgehead atoms. The number of halogens is 2. The van der Waals surface area contributed by atoms with Crippen molar-refractivity contribution in [1.82, 2.24) is 5.32 Å². The summed E-state index contributed by atoms with van der Waals surface area (Å²) in [5.74, 6) is -0.774. The van der Waals surface area contributed by atoms with Gasteiger partial charge in [-0.3, -0.25) is 9.59 Å². The summed E-state index contributed by atoms with van der Waals surface area (Å²) in [6, 6.07) is 15.3. The fourth-order valence-corrected chi connectivity index (χ4v) is 4.87. The first-order chi connectivity index (χ1) is 14.3. The molecule has 3 rings (SSSR count). The van der Waals surface area contributed by atoms with Gasteiger partial charge in [-0.25, -0.2) is 0 Å². The van der Waals surface area contributed by atoms with Crippen molar-refractivity contribution in [1.29, 1.82) is 0 Å². The van der Waals surface area contributed by atoms with E-state index in [2.05, 4.69) is 5.32 Å². The van der Waals surface area contributed by atoms with Crippen LogP contribution in [0.5, 0.6) is 0 Å². The van der Waals surface area contributed by atoms with E-state index in [1.54, 1.807) is 6.92 Å². The first kappa shape index (κ1) is 22.8. The third kappa shape index (κ3) is 6.07. The minimum atomic E-state index is -0.795. The lowest BCUT2D eigenvalue weighted by molar-refractivity contribution is -0.138. The van der Waals surface area contributed by atoms with Crippen LogP contribution >= 0.6 is 23.2 Å². The van der Waals surface area contributed by atoms with E-state index in [-0.39, 0.29) is 36.0 Å². The number of ketones is 1. The van der Waals surface area contributed by atoms with E-state index >= 15 is 0 Å². The number of piperidine rings is 1. The molecule has 0 amide bonds. The maximum absolute atomic E-state index is 12.6. The van der Waals surface area contributed by atoms with Crippen molar-refractivity contribution in [2.45, 2.75) is 44.6 Å². The Bertz CT molecular complexity index is 884. The monoisotopic (exact) mass is 447 g/mol. The Morgan fingerprint density at radius 3 is 2.50 bits per heavy atom. The zero-order chi connectivity index (χ0) is 21.7. The minimum Gasteiger partial charge on any atom is -0.481 e. The summed E-state index contributed by atoms with van der Waals surface area (Å²) < 4.78 is 0. The molecule has 160 valence electrons. The number of Topliss-reactive ketones (excluding diaryl/α,β-unsaturated/α-hetero) is 1. The van der Waals surface area contributed by atoms with Gasteiger partial charge in [-0.15, -0.1) is 0 Å². The molecule has 4 nitrogen and oxygen atoms in total. The van der Waals surface area contributed by atoms with Gasteiger partial charge in [0.2, 0.25) is 0 Å². The van der Waals surface area contributed by atoms with Crippen molar-refractivity contribution >= 4 is 35.0 Å². The molecule has 30 heavy (non-hydrogen) atoms. The summed E-state index contributed by atoms with van der Waals surface area (Å²) in [5.41, 5.74) is 2.19. The lowest BCUT2D eigenvalue weighted by Gasteiger charge is -2.41. The molecule has 0 saturated carbocycles. The van der Waals surface area contributed by atoms with Crippen LogP contribution < -0.4 is 5.32 Å². The number of aliphatic carboxylic acids is 1. The molecule has 6 heteroatoms. The number of carboxylic acid groups (broad SMARTS) is 1. The molecule has 0 aromatic heterocycles. The molecule has 0 aliphatic carbocycles. The average molecular weight is 448 g/mol. The lowest BCUT2D eigenvalue weighted by atomic mass is 9.72. The van der Waals surface area contributed by atoms with Crippen LogP contribution in [0.1, 0.15) is 43.2 Å². The third-order valence-corrected chi connectivity index (χ3v) is 6.50. The number of aryl methyl sites for hydroxylation is 1. The molecule has 1 aliphatic rings. The highest BCUT2D eigenvalue weighted by molar-refractivity contribution is 6.30. The number of carbonyl (C=O) groups excluding carboxylic acids is 1. The van der Waals surface area contributed by atoms with Crippen LogP contribution in [0.4, 0.5) is 0 Å². The summed E-state index contributed by atoms with van der Waals surface area (Å²) in [7, 11) is 0. The second kappa shape index (κ2) is 10.4. The average Bonchev–Trinajstić information content (AvgIpc) is 2.69. The van der Waals surface area contributed by atoms with Gasteiger partial charge in [-0.2, -0.15) is 0 Å². The van der Waals surface area contributed by atoms with Gasteiger partial charge in [0.25, 0.3) is 0 Å². The quantitative estimate of drug-likeness (QED) is 0.570. The number of hydrogen-bond acceptors (Lipinski definition) is 3. The van der Waals surface area contributed by atoms with E-state index in [0.29, 0.717) is 16.6 Å². The molecule has 1 heterocycles. The molecule has 0 radical (unpaired) electrons. The fraction of sp³-hybridized carbons (Fsp3) is 0.417. The van der Waals surface area contributed by atoms with E-state index < -0.39 is 5.97 Å². The van der Waals surface area contributed by atoms with Crippen molar-refractivity contribution in [2.75, 3.05) is 6.54 Å². The number of carbonyl (C=O) groups is 2. The van der Waals surface area contributed by atoms with E-state index in [9.17, 15) is 14.7 Å². The Morgan fingerprint density at radius 2 is 1.87 bits per heavy atom. The number of hydrogen-bond donors (Lipinski definition) is 2. The van der Waals surface area contributed by atoms with E-state index in [1.807, 2.05) is 48.5 Å². The number of nitrogens with one attached hydrogen (secondary N) is 1. The molecule has 2 N–H and O–H groups in total. The molecule has 1 fully saturated rings. The first-order valence-electron chi connectivity index (χ1n) is 10.3. The molecule has 1 aliphatic heterocycles. The Labute approximate surface area is 187 Å². The van der Waals surface area contributed by atoms with Gasteiger partial charge in [0.05, 0.1) is 0 Å². The van der Waals surface area contributed by atoms with Crippen LogP contribution in [-0.4, -0.2) is 29.4 Å². The Morgan fingerprint density at radius 1 is 1.13 bits per heavy atom. The lowest BCUT2D eigenvalue weighted by Crippen LogP contribution is -2.50. The van der Waals surface area contributed by atoms with Gasteiger partial charge in [-0.05, 0) is 74.0 Å². The van der Waals surface area contributed by atoms with Crippen LogP contribution in [-0.2, 0) is 16.0 Å². The van der Waals surface area contributed by atoms with Gasteiger partial charge in [0.15, 0.2) is 0 Å². The number of benzene rings is 2. The fourth-order valence-electron chi connectivity index (χ4n) is 4.55. The summed E-state index contributed by atoms with van der Waals surface area (Å²) >= 11 is 12.2. The highest BCUT2D eigenvalue weighted by Gasteiger charge is 2.38. The predicted octanol–water partition coefficient (Wildman–Crippen LogP) is 5.37. The number of carboxylic acids is 1. The van der Waals surface area contributed by atoms with Crippen molar-refractivity contribution in [3.63, 3.8) is 0 Å². The molecule has 1 unspecified atom stereocenters. The van der Waals surface area contributed by atoms with Crippen molar-refractivity contribution in [3.05, 3.63) is 69.7 Å². The van der Waals surface area contributed by atoms with Gasteiger partial charge < -0.3 is 10.4 Å². The van der Waals surface area contributed by atoms with Crippen molar-refractivity contribution in [2.24, 2.45) is 11.8 Å². The first-order valence-corrected chi connectivity index (χ1v) is 11.0. The molecular formula is C24H27Cl2NO3. The minimum absolute atomic E-state index is 0.0200. The van der Waals surface area contributed by atoms with Gasteiger partial charge in [0, 0.05) is 34.3 Å². The molecule has 2 aromatic carbocycles. The molecular weight excluding hydrogens is 421 g/mol. The van der Waals surface area contributed by atoms with Crippen molar-refractivity contribution in [3.8, 4) is 0 Å². The Balaban J connectivity index is 1.82. The summed E-state index contributed by atoms with van der Waals surface area (Å²) in [4.78, 5) is 23.9. The topological polar surface area (TPSA) is 66.4 Å². The Kier molecular flexibility index (Phi) is 7.93. The number of rotatable bonds is 8. The smallest absolute Gasteiger partial charge is 0.303 e. The van der Waals surface area contributed by atoms with Crippen LogP contribution in [0.15, 0.2) is 48.5 Å². The largest absolute Gasteiger partial charge is 0.481 e. The van der Waals surface area contributed by atoms with Gasteiger partial charge in [-0.1, -0.05) is 47.5 Å². The van der Waals surface area contributed by atoms with Gasteiger partial charge >= 0.3 is 5.97 Å². The summed E-state index contributed by atoms with van der Waals surface area (Å²) in [6.45, 7) is 2.24. The second-order valence-electron chi connectivity index (χ2n) is 8.18. The van der Waals surface area contributed by atoms with Crippen LogP contribution in [0.3, 0.4) is 0 Å². The summed E-state index contributed by atoms with van der Waals surface area (Å²) in [5, 5.41) is 14.1. The van der Waals surface area contributed by atoms with Crippen LogP contribution in [0.25, 0.3) is 0 Å². The summed E-state index contributed by atoms with van der Waals surface area (Å²) in [6.07, 6.45) is 2.33. The zero-order valence-electron chi connectivity index (χ0n) is 17.0. The second-order valence-corrected chi connectivity index (χ2v) is 9.05. The third-order valence-electron chi connectivity index (χ3n) is 6.02. The van der Waals surface area contributed by atoms with Crippen molar-refractivity contribution < 1.29 is 14.7 Å². The molecule has 4 atom stereocenters. The van der Waals surface area contributed by atoms with E-state index in [4.69, 9.17) is 23.2 Å². The normalized spacial score (nSPS) is 22.4. The van der Waals surface area contributed by atoms with Crippen LogP contribution in [0, 0.1) is 11.8 Å². The Hall–Kier alpha value is -1.88. The maximum atomic E-state index is 12.6. The highest BCUT2D eigenvalue weighted by Crippen LogP contribution is 2.37. The van der Waals surface area contributed by atoms with Crippen LogP contribution in [0.2, 0.25) is 10.0 Å². The molecule has 2 aromatic rings. The van der Waals surface area contributed by atoms with E-state index in [1.165, 1.54) is 0 Å². The predicted molar refractivity (Wildman–Crippen MR) is 120 cm³/mol. The maximum Gasteiger partial charge on any atom is 0.303 e. The van der Waals surface area contributed by atoms with Gasteiger partial charge in [0.1, 0.15) is 5.78 Å². The van der Waals surface area contributed by atoms with E-state index in [0.717, 1.165) is 30.4 Å². The highest BCUT2D eigenvalue weighted by atomic mass is 35.5. The SMILES string of the molecule is CC(=O)C(CCc1ccc(Cl)cc1)[C@H]1NC[C@H](CC(=O)O)C[C@@H]1c1cccc(Cl)c1. The zero-order valence-corrected chi connectivity index (χ0v) is 18.5.